The van der Waals surface area contributed by atoms with E-state index < -0.39 is 5.97 Å². The van der Waals surface area contributed by atoms with Gasteiger partial charge in [0, 0.05) is 12.8 Å². The lowest BCUT2D eigenvalue weighted by Gasteiger charge is -2.03. The number of hydrogen-bond donors (Lipinski definition) is 2. The summed E-state index contributed by atoms with van der Waals surface area (Å²) in [7, 11) is 0. The van der Waals surface area contributed by atoms with Crippen molar-refractivity contribution in [2.45, 2.75) is 71.1 Å². The lowest BCUT2D eigenvalue weighted by atomic mass is 10.1. The van der Waals surface area contributed by atoms with Gasteiger partial charge in [0.05, 0.1) is 0 Å². The number of carboxylic acids is 1. The van der Waals surface area contributed by atoms with Crippen LogP contribution < -0.4 is 0 Å². The van der Waals surface area contributed by atoms with Crippen LogP contribution in [-0.2, 0) is 9.68 Å². The molecule has 0 saturated heterocycles. The summed E-state index contributed by atoms with van der Waals surface area (Å²) in [6.07, 6.45) is 18.7. The van der Waals surface area contributed by atoms with E-state index in [9.17, 15) is 4.79 Å². The van der Waals surface area contributed by atoms with Gasteiger partial charge in [-0.1, -0.05) is 50.5 Å². The van der Waals surface area contributed by atoms with Gasteiger partial charge in [-0.15, -0.1) is 0 Å². The molecule has 0 heterocycles. The summed E-state index contributed by atoms with van der Waals surface area (Å²) in [6.45, 7) is 2.11. The number of unbranched alkanes of at least 4 members (excludes halogenated alkanes) is 4. The Balaban J connectivity index is 3.66. The van der Waals surface area contributed by atoms with Crippen molar-refractivity contribution >= 4 is 5.97 Å². The van der Waals surface area contributed by atoms with Crippen LogP contribution in [0.15, 0.2) is 36.1 Å². The molecule has 0 aromatic heterocycles. The van der Waals surface area contributed by atoms with E-state index in [2.05, 4.69) is 36.1 Å². The van der Waals surface area contributed by atoms with Crippen LogP contribution in [0.3, 0.4) is 0 Å². The highest BCUT2D eigenvalue weighted by molar-refractivity contribution is 5.66. The van der Waals surface area contributed by atoms with Gasteiger partial charge in [-0.3, -0.25) is 4.79 Å². The highest BCUT2D eigenvalue weighted by atomic mass is 17.1. The van der Waals surface area contributed by atoms with Crippen LogP contribution in [0.2, 0.25) is 0 Å². The van der Waals surface area contributed by atoms with Crippen LogP contribution in [0.1, 0.15) is 71.1 Å². The van der Waals surface area contributed by atoms with Crippen molar-refractivity contribution in [1.82, 2.24) is 0 Å². The first-order valence-corrected chi connectivity index (χ1v) is 8.23. The smallest absolute Gasteiger partial charge is 0.303 e. The summed E-state index contributed by atoms with van der Waals surface area (Å²) in [6, 6.07) is 0. The predicted octanol–water partition coefficient (Wildman–Crippen LogP) is 5.48. The molecule has 0 spiro atoms. The fourth-order valence-corrected chi connectivity index (χ4v) is 2.02. The number of aliphatic carboxylic acids is 1. The topological polar surface area (TPSA) is 66.8 Å². The van der Waals surface area contributed by atoms with Crippen LogP contribution in [0, 0.1) is 0 Å². The maximum absolute atomic E-state index is 10.4. The summed E-state index contributed by atoms with van der Waals surface area (Å²) < 4.78 is 0. The summed E-state index contributed by atoms with van der Waals surface area (Å²) in [5, 5.41) is 17.4. The molecule has 0 saturated carbocycles. The highest BCUT2D eigenvalue weighted by Crippen LogP contribution is 2.13. The molecular weight excluding hydrogens is 280 g/mol. The van der Waals surface area contributed by atoms with Gasteiger partial charge in [-0.2, -0.15) is 0 Å². The molecule has 0 atom stereocenters. The van der Waals surface area contributed by atoms with Crippen LogP contribution in [0.4, 0.5) is 0 Å². The lowest BCUT2D eigenvalue weighted by Crippen LogP contribution is -1.93. The van der Waals surface area contributed by atoms with E-state index in [1.54, 1.807) is 0 Å². The standard InChI is InChI=1S/C18H30O4/c1-2-3-4-5-6-8-11-14-17(22-21)15-12-9-7-10-13-16-18(19)20/h3-4,6,8,14,21H,2,5,7,9-13,15-16H2,1H3,(H,19,20)/b4-3-,8-6-,17-14-. The maximum atomic E-state index is 10.4. The van der Waals surface area contributed by atoms with E-state index >= 15 is 0 Å². The number of hydrogen-bond acceptors (Lipinski definition) is 3. The molecule has 0 fully saturated rings. The first-order chi connectivity index (χ1) is 10.7. The van der Waals surface area contributed by atoms with E-state index in [4.69, 9.17) is 10.4 Å². The Hall–Kier alpha value is -1.55. The second kappa shape index (κ2) is 15.8. The summed E-state index contributed by atoms with van der Waals surface area (Å²) >= 11 is 0. The lowest BCUT2D eigenvalue weighted by molar-refractivity contribution is -0.206. The Kier molecular flexibility index (Phi) is 14.7. The van der Waals surface area contributed by atoms with E-state index in [1.807, 2.05) is 6.08 Å². The summed E-state index contributed by atoms with van der Waals surface area (Å²) in [5.74, 6) is -0.114. The SMILES string of the molecule is CC/C=C\C/C=C\C/C=C(/CCCCCCCC(=O)O)OO. The molecule has 0 unspecified atom stereocenters. The molecule has 22 heavy (non-hydrogen) atoms. The molecule has 0 bridgehead atoms. The van der Waals surface area contributed by atoms with Crippen molar-refractivity contribution < 1.29 is 20.0 Å². The first-order valence-electron chi connectivity index (χ1n) is 8.23. The molecule has 0 rings (SSSR count). The van der Waals surface area contributed by atoms with Crippen LogP contribution >= 0.6 is 0 Å². The van der Waals surface area contributed by atoms with Gasteiger partial charge < -0.3 is 9.99 Å². The Labute approximate surface area is 134 Å². The third-order valence-electron chi connectivity index (χ3n) is 3.25. The average Bonchev–Trinajstić information content (AvgIpc) is 2.50. The summed E-state index contributed by atoms with van der Waals surface area (Å²) in [4.78, 5) is 14.7. The van der Waals surface area contributed by atoms with Crippen molar-refractivity contribution in [3.63, 3.8) is 0 Å². The van der Waals surface area contributed by atoms with Crippen LogP contribution in [0.5, 0.6) is 0 Å². The molecule has 0 aliphatic carbocycles. The minimum atomic E-state index is -0.725. The van der Waals surface area contributed by atoms with E-state index in [1.165, 1.54) is 0 Å². The molecule has 0 amide bonds. The van der Waals surface area contributed by atoms with Crippen molar-refractivity contribution in [2.75, 3.05) is 0 Å². The zero-order valence-electron chi connectivity index (χ0n) is 13.7. The second-order valence-corrected chi connectivity index (χ2v) is 5.25. The minimum Gasteiger partial charge on any atom is -0.481 e. The Morgan fingerprint density at radius 3 is 2.14 bits per heavy atom. The molecule has 4 heteroatoms. The van der Waals surface area contributed by atoms with Gasteiger partial charge in [0.1, 0.15) is 5.76 Å². The zero-order chi connectivity index (χ0) is 16.5. The van der Waals surface area contributed by atoms with Gasteiger partial charge in [0.25, 0.3) is 0 Å². The Morgan fingerprint density at radius 1 is 0.909 bits per heavy atom. The quantitative estimate of drug-likeness (QED) is 0.147. The van der Waals surface area contributed by atoms with Crippen molar-refractivity contribution in [3.8, 4) is 0 Å². The van der Waals surface area contributed by atoms with Gasteiger partial charge in [-0.05, 0) is 38.2 Å². The van der Waals surface area contributed by atoms with Gasteiger partial charge >= 0.3 is 5.97 Å². The Bertz CT molecular complexity index is 356. The predicted molar refractivity (Wildman–Crippen MR) is 89.6 cm³/mol. The molecule has 0 radical (unpaired) electrons. The zero-order valence-corrected chi connectivity index (χ0v) is 13.7. The van der Waals surface area contributed by atoms with Crippen molar-refractivity contribution in [2.24, 2.45) is 0 Å². The third-order valence-corrected chi connectivity index (χ3v) is 3.25. The van der Waals surface area contributed by atoms with Gasteiger partial charge in [0.2, 0.25) is 0 Å². The highest BCUT2D eigenvalue weighted by Gasteiger charge is 1.99. The molecule has 0 aliphatic heterocycles. The molecule has 0 aromatic carbocycles. The minimum absolute atomic E-state index is 0.255. The fourth-order valence-electron chi connectivity index (χ4n) is 2.02. The van der Waals surface area contributed by atoms with Crippen molar-refractivity contribution in [1.29, 1.82) is 0 Å². The van der Waals surface area contributed by atoms with E-state index in [0.717, 1.165) is 57.8 Å². The molecule has 126 valence electrons. The van der Waals surface area contributed by atoms with Crippen LogP contribution in [0.25, 0.3) is 0 Å². The van der Waals surface area contributed by atoms with E-state index in [0.29, 0.717) is 5.76 Å². The molecule has 0 aliphatic rings. The second-order valence-electron chi connectivity index (χ2n) is 5.25. The first kappa shape index (κ1) is 20.5. The molecule has 4 nitrogen and oxygen atoms in total. The molecular formula is C18H30O4. The Morgan fingerprint density at radius 2 is 1.50 bits per heavy atom. The number of rotatable bonds is 14. The number of carboxylic acid groups (broad SMARTS) is 1. The number of carbonyl (C=O) groups is 1. The number of allylic oxidation sites excluding steroid dienone is 6. The average molecular weight is 310 g/mol. The van der Waals surface area contributed by atoms with Crippen LogP contribution in [-0.4, -0.2) is 16.3 Å². The normalized spacial score (nSPS) is 12.4. The monoisotopic (exact) mass is 310 g/mol. The molecule has 0 aromatic rings. The van der Waals surface area contributed by atoms with Crippen molar-refractivity contribution in [3.05, 3.63) is 36.1 Å². The van der Waals surface area contributed by atoms with Gasteiger partial charge in [-0.25, -0.2) is 5.26 Å². The van der Waals surface area contributed by atoms with Gasteiger partial charge in [0.15, 0.2) is 0 Å². The largest absolute Gasteiger partial charge is 0.481 e. The maximum Gasteiger partial charge on any atom is 0.303 e. The molecule has 2 N–H and O–H groups in total. The van der Waals surface area contributed by atoms with E-state index in [-0.39, 0.29) is 6.42 Å². The third kappa shape index (κ3) is 14.9. The fraction of sp³-hybridized carbons (Fsp3) is 0.611. The summed E-state index contributed by atoms with van der Waals surface area (Å²) in [5.41, 5.74) is 0.